The highest BCUT2D eigenvalue weighted by Gasteiger charge is 2.27. The molecule has 2 amide bonds. The molecule has 13 heteroatoms. The van der Waals surface area contributed by atoms with Crippen molar-refractivity contribution in [3.05, 3.63) is 0 Å². The summed E-state index contributed by atoms with van der Waals surface area (Å²) >= 11 is 0. The van der Waals surface area contributed by atoms with Gasteiger partial charge >= 0.3 is 23.9 Å². The number of carbonyl (C=O) groups excluding carboxylic acids is 6. The zero-order valence-electron chi connectivity index (χ0n) is 14.4. The van der Waals surface area contributed by atoms with E-state index >= 15 is 0 Å². The molecule has 10 N–H and O–H groups in total. The van der Waals surface area contributed by atoms with Gasteiger partial charge in [0.1, 0.15) is 18.1 Å². The van der Waals surface area contributed by atoms with Crippen LogP contribution in [0.1, 0.15) is 32.1 Å². The Hall–Kier alpha value is -2.90. The number of rotatable bonds is 11. The molecule has 0 spiro atoms. The van der Waals surface area contributed by atoms with Crippen LogP contribution in [-0.2, 0) is 38.2 Å². The quantitative estimate of drug-likeness (QED) is 0.168. The Balaban J connectivity index is 4.39. The number of ether oxygens (including phenoxy) is 2. The fourth-order valence-corrected chi connectivity index (χ4v) is 1.57. The molecule has 0 heterocycles. The Morgan fingerprint density at radius 1 is 0.630 bits per heavy atom. The lowest BCUT2D eigenvalue weighted by Crippen LogP contribution is -2.42. The number of nitrogens with two attached hydrogens (primary N) is 5. The van der Waals surface area contributed by atoms with Crippen LogP contribution in [0.25, 0.3) is 0 Å². The van der Waals surface area contributed by atoms with E-state index in [1.807, 2.05) is 0 Å². The van der Waals surface area contributed by atoms with Gasteiger partial charge < -0.3 is 38.1 Å². The van der Waals surface area contributed by atoms with E-state index in [0.717, 1.165) is 0 Å². The van der Waals surface area contributed by atoms with Gasteiger partial charge in [-0.2, -0.15) is 0 Å². The maximum atomic E-state index is 11.6. The lowest BCUT2D eigenvalue weighted by molar-refractivity contribution is -0.167. The van der Waals surface area contributed by atoms with Gasteiger partial charge in [-0.05, 0) is 12.8 Å². The summed E-state index contributed by atoms with van der Waals surface area (Å²) in [6.45, 7) is 0. The van der Waals surface area contributed by atoms with Crippen LogP contribution >= 0.6 is 0 Å². The van der Waals surface area contributed by atoms with Crippen molar-refractivity contribution in [3.8, 4) is 0 Å². The molecule has 13 nitrogen and oxygen atoms in total. The Morgan fingerprint density at radius 3 is 1.41 bits per heavy atom. The second kappa shape index (κ2) is 11.7. The van der Waals surface area contributed by atoms with Crippen LogP contribution in [0.3, 0.4) is 0 Å². The Morgan fingerprint density at radius 2 is 1.00 bits per heavy atom. The molecule has 0 rings (SSSR count). The number of hydrogen-bond donors (Lipinski definition) is 5. The summed E-state index contributed by atoms with van der Waals surface area (Å²) in [5.74, 6) is -6.14. The van der Waals surface area contributed by atoms with Crippen molar-refractivity contribution < 1.29 is 38.2 Å². The van der Waals surface area contributed by atoms with Crippen molar-refractivity contribution in [2.24, 2.45) is 28.7 Å². The average molecular weight is 389 g/mol. The van der Waals surface area contributed by atoms with Crippen LogP contribution in [0.4, 0.5) is 0 Å². The van der Waals surface area contributed by atoms with Crippen molar-refractivity contribution in [2.75, 3.05) is 0 Å². The Bertz CT molecular complexity index is 608. The van der Waals surface area contributed by atoms with Crippen molar-refractivity contribution in [1.29, 1.82) is 0 Å². The van der Waals surface area contributed by atoms with E-state index in [1.165, 1.54) is 0 Å². The molecule has 3 atom stereocenters. The first-order chi connectivity index (χ1) is 12.4. The van der Waals surface area contributed by atoms with Crippen molar-refractivity contribution in [2.45, 2.75) is 50.2 Å². The summed E-state index contributed by atoms with van der Waals surface area (Å²) < 4.78 is 8.75. The molecule has 0 aliphatic heterocycles. The summed E-state index contributed by atoms with van der Waals surface area (Å²) in [4.78, 5) is 67.5. The van der Waals surface area contributed by atoms with Crippen LogP contribution in [0, 0.1) is 0 Å². The molecular formula is C14H23N5O8. The van der Waals surface area contributed by atoms with E-state index in [-0.39, 0.29) is 25.7 Å². The number of carbonyl (C=O) groups is 6. The first-order valence-corrected chi connectivity index (χ1v) is 7.77. The molecule has 0 aliphatic carbocycles. The maximum Gasteiger partial charge on any atom is 0.331 e. The molecule has 0 bridgehead atoms. The van der Waals surface area contributed by atoms with Crippen molar-refractivity contribution in [3.63, 3.8) is 0 Å². The normalized spacial score (nSPS) is 13.7. The van der Waals surface area contributed by atoms with Gasteiger partial charge in [-0.1, -0.05) is 0 Å². The van der Waals surface area contributed by atoms with Gasteiger partial charge in [0.15, 0.2) is 0 Å². The van der Waals surface area contributed by atoms with Gasteiger partial charge in [0.25, 0.3) is 0 Å². The molecule has 0 fully saturated rings. The van der Waals surface area contributed by atoms with E-state index < -0.39 is 60.2 Å². The van der Waals surface area contributed by atoms with E-state index in [9.17, 15) is 28.8 Å². The maximum absolute atomic E-state index is 11.6. The zero-order chi connectivity index (χ0) is 21.1. The lowest BCUT2D eigenvalue weighted by Gasteiger charge is -2.13. The SMILES string of the molecule is NC(=O)CC[C@H](N)C(=O)OC(=O)C[C@H](N)C(=O)OC(=O)[C@@H](N)CCC(N)=O. The fourth-order valence-electron chi connectivity index (χ4n) is 1.57. The average Bonchev–Trinajstić information content (AvgIpc) is 2.56. The predicted octanol–water partition coefficient (Wildman–Crippen LogP) is -3.97. The van der Waals surface area contributed by atoms with Crippen LogP contribution in [0.2, 0.25) is 0 Å². The van der Waals surface area contributed by atoms with E-state index in [1.54, 1.807) is 0 Å². The minimum atomic E-state index is -1.61. The molecule has 0 aliphatic rings. The minimum Gasteiger partial charge on any atom is -0.392 e. The summed E-state index contributed by atoms with van der Waals surface area (Å²) in [7, 11) is 0. The number of primary amides is 2. The van der Waals surface area contributed by atoms with Crippen LogP contribution in [0.15, 0.2) is 0 Å². The molecule has 0 aromatic rings. The van der Waals surface area contributed by atoms with Crippen LogP contribution in [-0.4, -0.2) is 53.8 Å². The van der Waals surface area contributed by atoms with Crippen LogP contribution < -0.4 is 28.7 Å². The number of amides is 2. The predicted molar refractivity (Wildman–Crippen MR) is 87.6 cm³/mol. The topological polar surface area (TPSA) is 251 Å². The first-order valence-electron chi connectivity index (χ1n) is 7.77. The first kappa shape index (κ1) is 24.1. The standard InChI is InChI=1S/C14H23N5O8/c15-6(1-3-9(18)20)12(23)26-11(22)5-8(17)14(25)27-13(24)7(16)2-4-10(19)21/h6-8H,1-5,15-17H2,(H2,18,20)(H2,19,21)/t6-,7-,8-/m0/s1. The molecule has 0 aromatic heterocycles. The summed E-state index contributed by atoms with van der Waals surface area (Å²) in [6, 6.07) is -4.17. The number of esters is 4. The van der Waals surface area contributed by atoms with E-state index in [0.29, 0.717) is 0 Å². The summed E-state index contributed by atoms with van der Waals surface area (Å²) in [6.07, 6.45) is -1.43. The highest BCUT2D eigenvalue weighted by Crippen LogP contribution is 2.03. The van der Waals surface area contributed by atoms with Gasteiger partial charge in [-0.3, -0.25) is 14.4 Å². The third kappa shape index (κ3) is 10.6. The third-order valence-corrected chi connectivity index (χ3v) is 3.11. The van der Waals surface area contributed by atoms with Crippen LogP contribution in [0.5, 0.6) is 0 Å². The zero-order valence-corrected chi connectivity index (χ0v) is 14.4. The minimum absolute atomic E-state index is 0.132. The second-order valence-electron chi connectivity index (χ2n) is 5.57. The molecule has 152 valence electrons. The number of hydrogen-bond acceptors (Lipinski definition) is 11. The van der Waals surface area contributed by atoms with Gasteiger partial charge in [0.2, 0.25) is 11.8 Å². The van der Waals surface area contributed by atoms with E-state index in [4.69, 9.17) is 28.7 Å². The van der Waals surface area contributed by atoms with E-state index in [2.05, 4.69) is 9.47 Å². The third-order valence-electron chi connectivity index (χ3n) is 3.11. The monoisotopic (exact) mass is 389 g/mol. The fraction of sp³-hybridized carbons (Fsp3) is 0.571. The Kier molecular flexibility index (Phi) is 10.4. The smallest absolute Gasteiger partial charge is 0.331 e. The van der Waals surface area contributed by atoms with Gasteiger partial charge in [0.05, 0.1) is 6.42 Å². The van der Waals surface area contributed by atoms with Gasteiger partial charge in [-0.15, -0.1) is 0 Å². The molecular weight excluding hydrogens is 366 g/mol. The highest BCUT2D eigenvalue weighted by molar-refractivity contribution is 5.94. The molecule has 0 saturated carbocycles. The second-order valence-corrected chi connectivity index (χ2v) is 5.57. The van der Waals surface area contributed by atoms with Gasteiger partial charge in [-0.25, -0.2) is 14.4 Å². The molecule has 0 unspecified atom stereocenters. The largest absolute Gasteiger partial charge is 0.392 e. The highest BCUT2D eigenvalue weighted by atomic mass is 16.6. The Labute approximate surface area is 153 Å². The molecule has 0 aromatic carbocycles. The van der Waals surface area contributed by atoms with Crippen molar-refractivity contribution >= 4 is 35.7 Å². The molecule has 0 radical (unpaired) electrons. The summed E-state index contributed by atoms with van der Waals surface area (Å²) in [5, 5.41) is 0. The molecule has 27 heavy (non-hydrogen) atoms. The van der Waals surface area contributed by atoms with Gasteiger partial charge in [0, 0.05) is 12.8 Å². The lowest BCUT2D eigenvalue weighted by atomic mass is 10.1. The van der Waals surface area contributed by atoms with Crippen molar-refractivity contribution in [1.82, 2.24) is 0 Å². The summed E-state index contributed by atoms with van der Waals surface area (Å²) in [5.41, 5.74) is 26.0. The molecule has 0 saturated heterocycles.